The molecule has 0 spiro atoms. The van der Waals surface area contributed by atoms with Crippen LogP contribution in [-0.4, -0.2) is 9.97 Å². The van der Waals surface area contributed by atoms with Gasteiger partial charge in [0, 0.05) is 27.6 Å². The molecule has 0 radical (unpaired) electrons. The number of rotatable bonds is 4. The highest BCUT2D eigenvalue weighted by atomic mass is 79.9. The minimum Gasteiger partial charge on any atom is -0.340 e. The average Bonchev–Trinajstić information content (AvgIpc) is 2.52. The fourth-order valence-corrected chi connectivity index (χ4v) is 2.73. The number of halogens is 2. The standard InChI is InChI=1S/C18H16BrFN4/c1-11-9-13(19)3-8-16(11)23-18-21-12(2)10-17(24-18)22-15-6-4-14(20)5-7-15/h3-10H,1-2H3,(H2,21,22,23,24). The second kappa shape index (κ2) is 6.97. The third-order valence-corrected chi connectivity index (χ3v) is 3.90. The Balaban J connectivity index is 1.84. The third kappa shape index (κ3) is 4.08. The van der Waals surface area contributed by atoms with E-state index in [-0.39, 0.29) is 5.82 Å². The monoisotopic (exact) mass is 386 g/mol. The Bertz CT molecular complexity index is 865. The summed E-state index contributed by atoms with van der Waals surface area (Å²) in [5.74, 6) is 0.879. The first kappa shape index (κ1) is 16.4. The number of nitrogens with zero attached hydrogens (tertiary/aromatic N) is 2. The van der Waals surface area contributed by atoms with Crippen LogP contribution in [-0.2, 0) is 0 Å². The molecular weight excluding hydrogens is 371 g/mol. The number of nitrogens with one attached hydrogen (secondary N) is 2. The van der Waals surface area contributed by atoms with Gasteiger partial charge < -0.3 is 10.6 Å². The Labute approximate surface area is 148 Å². The van der Waals surface area contributed by atoms with Gasteiger partial charge in [-0.15, -0.1) is 0 Å². The van der Waals surface area contributed by atoms with Gasteiger partial charge in [0.05, 0.1) is 0 Å². The van der Waals surface area contributed by atoms with E-state index in [9.17, 15) is 4.39 Å². The van der Waals surface area contributed by atoms with E-state index in [1.54, 1.807) is 12.1 Å². The van der Waals surface area contributed by atoms with Gasteiger partial charge in [-0.05, 0) is 61.9 Å². The Morgan fingerprint density at radius 1 is 0.917 bits per heavy atom. The van der Waals surface area contributed by atoms with Crippen LogP contribution in [0.15, 0.2) is 53.0 Å². The van der Waals surface area contributed by atoms with Crippen molar-refractivity contribution in [1.82, 2.24) is 9.97 Å². The average molecular weight is 387 g/mol. The van der Waals surface area contributed by atoms with Crippen LogP contribution >= 0.6 is 15.9 Å². The lowest BCUT2D eigenvalue weighted by Gasteiger charge is -2.11. The van der Waals surface area contributed by atoms with Gasteiger partial charge in [-0.25, -0.2) is 9.37 Å². The molecule has 0 amide bonds. The molecule has 2 N–H and O–H groups in total. The topological polar surface area (TPSA) is 49.8 Å². The number of aromatic nitrogens is 2. The third-order valence-electron chi connectivity index (χ3n) is 3.41. The normalized spacial score (nSPS) is 10.5. The Morgan fingerprint density at radius 2 is 1.67 bits per heavy atom. The molecule has 0 aliphatic heterocycles. The lowest BCUT2D eigenvalue weighted by atomic mass is 10.2. The quantitative estimate of drug-likeness (QED) is 0.622. The summed E-state index contributed by atoms with van der Waals surface area (Å²) in [6.45, 7) is 3.91. The van der Waals surface area contributed by atoms with Gasteiger partial charge in [0.2, 0.25) is 5.95 Å². The van der Waals surface area contributed by atoms with Crippen LogP contribution in [0.2, 0.25) is 0 Å². The molecule has 3 aromatic rings. The fraction of sp³-hybridized carbons (Fsp3) is 0.111. The fourth-order valence-electron chi connectivity index (χ4n) is 2.26. The Morgan fingerprint density at radius 3 is 2.38 bits per heavy atom. The van der Waals surface area contributed by atoms with E-state index in [0.717, 1.165) is 27.1 Å². The molecule has 0 atom stereocenters. The zero-order valence-electron chi connectivity index (χ0n) is 13.3. The molecule has 0 aliphatic carbocycles. The van der Waals surface area contributed by atoms with Crippen molar-refractivity contribution in [3.05, 3.63) is 70.1 Å². The molecule has 0 saturated carbocycles. The largest absolute Gasteiger partial charge is 0.340 e. The Hall–Kier alpha value is -2.47. The minimum atomic E-state index is -0.271. The van der Waals surface area contributed by atoms with Gasteiger partial charge >= 0.3 is 0 Å². The molecule has 1 heterocycles. The molecule has 6 heteroatoms. The van der Waals surface area contributed by atoms with E-state index in [1.807, 2.05) is 38.1 Å². The summed E-state index contributed by atoms with van der Waals surface area (Å²) in [5, 5.41) is 6.39. The van der Waals surface area contributed by atoms with Gasteiger partial charge in [0.25, 0.3) is 0 Å². The van der Waals surface area contributed by atoms with E-state index in [2.05, 4.69) is 36.5 Å². The van der Waals surface area contributed by atoms with Gasteiger partial charge in [0.15, 0.2) is 0 Å². The maximum atomic E-state index is 13.0. The number of aryl methyl sites for hydroxylation is 2. The molecule has 2 aromatic carbocycles. The predicted molar refractivity (Wildman–Crippen MR) is 98.6 cm³/mol. The zero-order valence-corrected chi connectivity index (χ0v) is 14.9. The number of benzene rings is 2. The Kier molecular flexibility index (Phi) is 4.76. The molecule has 24 heavy (non-hydrogen) atoms. The summed E-state index contributed by atoms with van der Waals surface area (Å²) >= 11 is 3.45. The van der Waals surface area contributed by atoms with E-state index in [1.165, 1.54) is 12.1 Å². The summed E-state index contributed by atoms with van der Waals surface area (Å²) in [6.07, 6.45) is 0. The van der Waals surface area contributed by atoms with Gasteiger partial charge in [0.1, 0.15) is 11.6 Å². The van der Waals surface area contributed by atoms with Crippen molar-refractivity contribution in [2.24, 2.45) is 0 Å². The van der Waals surface area contributed by atoms with Gasteiger partial charge in [-0.3, -0.25) is 0 Å². The molecule has 4 nitrogen and oxygen atoms in total. The smallest absolute Gasteiger partial charge is 0.229 e. The first-order chi connectivity index (χ1) is 11.5. The lowest BCUT2D eigenvalue weighted by molar-refractivity contribution is 0.628. The first-order valence-corrected chi connectivity index (χ1v) is 8.20. The molecule has 3 rings (SSSR count). The predicted octanol–water partition coefficient (Wildman–Crippen LogP) is 5.48. The van der Waals surface area contributed by atoms with Crippen molar-refractivity contribution >= 4 is 39.1 Å². The van der Waals surface area contributed by atoms with E-state index >= 15 is 0 Å². The zero-order chi connectivity index (χ0) is 17.1. The molecular formula is C18H16BrFN4. The van der Waals surface area contributed by atoms with Crippen LogP contribution in [0.3, 0.4) is 0 Å². The summed E-state index contributed by atoms with van der Waals surface area (Å²) in [4.78, 5) is 8.89. The van der Waals surface area contributed by atoms with E-state index < -0.39 is 0 Å². The maximum absolute atomic E-state index is 13.0. The van der Waals surface area contributed by atoms with Crippen LogP contribution < -0.4 is 10.6 Å². The highest BCUT2D eigenvalue weighted by molar-refractivity contribution is 9.10. The number of hydrogen-bond acceptors (Lipinski definition) is 4. The van der Waals surface area contributed by atoms with Crippen molar-refractivity contribution in [3.63, 3.8) is 0 Å². The summed E-state index contributed by atoms with van der Waals surface area (Å²) in [5.41, 5.74) is 3.62. The van der Waals surface area contributed by atoms with Crippen molar-refractivity contribution < 1.29 is 4.39 Å². The van der Waals surface area contributed by atoms with Gasteiger partial charge in [-0.2, -0.15) is 4.98 Å². The second-order valence-electron chi connectivity index (χ2n) is 5.43. The van der Waals surface area contributed by atoms with Crippen LogP contribution in [0.5, 0.6) is 0 Å². The number of anilines is 4. The van der Waals surface area contributed by atoms with Crippen LogP contribution in [0.4, 0.5) is 27.5 Å². The lowest BCUT2D eigenvalue weighted by Crippen LogP contribution is -2.03. The molecule has 0 unspecified atom stereocenters. The SMILES string of the molecule is Cc1cc(Nc2ccc(F)cc2)nc(Nc2ccc(Br)cc2C)n1. The van der Waals surface area contributed by atoms with E-state index in [4.69, 9.17) is 0 Å². The number of hydrogen-bond donors (Lipinski definition) is 2. The van der Waals surface area contributed by atoms with Crippen molar-refractivity contribution in [3.8, 4) is 0 Å². The first-order valence-electron chi connectivity index (χ1n) is 7.41. The molecule has 0 aliphatic rings. The maximum Gasteiger partial charge on any atom is 0.229 e. The highest BCUT2D eigenvalue weighted by Gasteiger charge is 2.06. The molecule has 1 aromatic heterocycles. The second-order valence-corrected chi connectivity index (χ2v) is 6.35. The van der Waals surface area contributed by atoms with Crippen LogP contribution in [0, 0.1) is 19.7 Å². The summed E-state index contributed by atoms with van der Waals surface area (Å²) in [6, 6.07) is 13.9. The molecule has 0 fully saturated rings. The van der Waals surface area contributed by atoms with E-state index in [0.29, 0.717) is 11.8 Å². The highest BCUT2D eigenvalue weighted by Crippen LogP contribution is 2.24. The summed E-state index contributed by atoms with van der Waals surface area (Å²) < 4.78 is 14.0. The van der Waals surface area contributed by atoms with Crippen LogP contribution in [0.1, 0.15) is 11.3 Å². The van der Waals surface area contributed by atoms with Crippen molar-refractivity contribution in [2.45, 2.75) is 13.8 Å². The molecule has 122 valence electrons. The van der Waals surface area contributed by atoms with Crippen molar-refractivity contribution in [1.29, 1.82) is 0 Å². The molecule has 0 bridgehead atoms. The van der Waals surface area contributed by atoms with Crippen LogP contribution in [0.25, 0.3) is 0 Å². The summed E-state index contributed by atoms with van der Waals surface area (Å²) in [7, 11) is 0. The van der Waals surface area contributed by atoms with Crippen molar-refractivity contribution in [2.75, 3.05) is 10.6 Å². The molecule has 0 saturated heterocycles. The van der Waals surface area contributed by atoms with Gasteiger partial charge in [-0.1, -0.05) is 15.9 Å². The minimum absolute atomic E-state index is 0.271.